The third kappa shape index (κ3) is 2.98. The topological polar surface area (TPSA) is 72.1 Å². The van der Waals surface area contributed by atoms with Crippen LogP contribution in [0.2, 0.25) is 0 Å². The van der Waals surface area contributed by atoms with Crippen molar-refractivity contribution in [3.8, 4) is 0 Å². The number of benzene rings is 1. The van der Waals surface area contributed by atoms with Crippen molar-refractivity contribution in [2.45, 2.75) is 32.2 Å². The fourth-order valence-corrected chi connectivity index (χ4v) is 4.71. The van der Waals surface area contributed by atoms with Crippen molar-refractivity contribution in [2.75, 3.05) is 11.9 Å². The van der Waals surface area contributed by atoms with E-state index < -0.39 is 5.91 Å². The second kappa shape index (κ2) is 6.44. The number of hydrogen-bond donors (Lipinski definition) is 1. The van der Waals surface area contributed by atoms with Crippen molar-refractivity contribution >= 4 is 33.3 Å². The van der Waals surface area contributed by atoms with Crippen LogP contribution >= 0.6 is 11.3 Å². The zero-order chi connectivity index (χ0) is 17.4. The van der Waals surface area contributed by atoms with Crippen molar-refractivity contribution < 1.29 is 4.79 Å². The van der Waals surface area contributed by atoms with Crippen LogP contribution in [0.25, 0.3) is 10.2 Å². The highest BCUT2D eigenvalue weighted by atomic mass is 32.1. The first-order valence-electron chi connectivity index (χ1n) is 8.48. The highest BCUT2D eigenvalue weighted by Gasteiger charge is 2.21. The summed E-state index contributed by atoms with van der Waals surface area (Å²) in [5.41, 5.74) is 8.39. The SMILES string of the molecule is CN(Cc1ccc(C(N)=O)cc1)c1ncnc2sc3c(c12)CCCC3. The van der Waals surface area contributed by atoms with E-state index in [0.29, 0.717) is 5.56 Å². The van der Waals surface area contributed by atoms with Gasteiger partial charge in [-0.1, -0.05) is 12.1 Å². The molecule has 5 nitrogen and oxygen atoms in total. The smallest absolute Gasteiger partial charge is 0.248 e. The molecule has 0 unspecified atom stereocenters. The van der Waals surface area contributed by atoms with E-state index in [1.807, 2.05) is 23.5 Å². The second-order valence-corrected chi connectivity index (χ2v) is 7.59. The van der Waals surface area contributed by atoms with Gasteiger partial charge in [0.1, 0.15) is 17.0 Å². The largest absolute Gasteiger partial charge is 0.366 e. The van der Waals surface area contributed by atoms with Crippen LogP contribution in [0.3, 0.4) is 0 Å². The Morgan fingerprint density at radius 2 is 1.96 bits per heavy atom. The molecule has 1 aliphatic rings. The number of primary amides is 1. The van der Waals surface area contributed by atoms with E-state index in [4.69, 9.17) is 5.73 Å². The molecule has 2 N–H and O–H groups in total. The van der Waals surface area contributed by atoms with Crippen LogP contribution in [0, 0.1) is 0 Å². The summed E-state index contributed by atoms with van der Waals surface area (Å²) in [6, 6.07) is 7.43. The van der Waals surface area contributed by atoms with Crippen LogP contribution in [0.5, 0.6) is 0 Å². The van der Waals surface area contributed by atoms with Gasteiger partial charge in [-0.05, 0) is 48.9 Å². The van der Waals surface area contributed by atoms with Crippen LogP contribution < -0.4 is 10.6 Å². The minimum absolute atomic E-state index is 0.401. The van der Waals surface area contributed by atoms with Crippen molar-refractivity contribution in [1.82, 2.24) is 9.97 Å². The van der Waals surface area contributed by atoms with Gasteiger partial charge in [0.2, 0.25) is 5.91 Å². The highest BCUT2D eigenvalue weighted by molar-refractivity contribution is 7.19. The van der Waals surface area contributed by atoms with Crippen LogP contribution in [0.4, 0.5) is 5.82 Å². The van der Waals surface area contributed by atoms with E-state index in [1.54, 1.807) is 18.5 Å². The molecule has 2 heterocycles. The maximum absolute atomic E-state index is 11.2. The first kappa shape index (κ1) is 16.0. The van der Waals surface area contributed by atoms with Gasteiger partial charge in [-0.25, -0.2) is 9.97 Å². The number of amides is 1. The lowest BCUT2D eigenvalue weighted by Gasteiger charge is -2.20. The standard InChI is InChI=1S/C19H20N4OS/c1-23(10-12-6-8-13(9-7-12)17(20)24)18-16-14-4-2-3-5-15(14)25-19(16)22-11-21-18/h6-9,11H,2-5,10H2,1H3,(H2,20,24). The molecule has 0 aliphatic heterocycles. The Morgan fingerprint density at radius 1 is 1.20 bits per heavy atom. The van der Waals surface area contributed by atoms with E-state index in [0.717, 1.165) is 35.6 Å². The maximum Gasteiger partial charge on any atom is 0.248 e. The molecule has 2 aromatic heterocycles. The van der Waals surface area contributed by atoms with Gasteiger partial charge in [0.05, 0.1) is 5.39 Å². The first-order valence-corrected chi connectivity index (χ1v) is 9.30. The molecule has 128 valence electrons. The third-order valence-electron chi connectivity index (χ3n) is 4.75. The van der Waals surface area contributed by atoms with E-state index in [-0.39, 0.29) is 0 Å². The van der Waals surface area contributed by atoms with Gasteiger partial charge >= 0.3 is 0 Å². The first-order chi connectivity index (χ1) is 12.1. The molecule has 0 saturated carbocycles. The van der Waals surface area contributed by atoms with Crippen LogP contribution in [-0.2, 0) is 19.4 Å². The van der Waals surface area contributed by atoms with Crippen molar-refractivity contribution in [2.24, 2.45) is 5.73 Å². The molecule has 25 heavy (non-hydrogen) atoms. The van der Waals surface area contributed by atoms with Gasteiger partial charge in [0, 0.05) is 24.0 Å². The van der Waals surface area contributed by atoms with Gasteiger partial charge < -0.3 is 10.6 Å². The predicted octanol–water partition coefficient (Wildman–Crippen LogP) is 3.31. The number of aromatic nitrogens is 2. The lowest BCUT2D eigenvalue weighted by atomic mass is 9.97. The molecule has 0 spiro atoms. The molecule has 4 rings (SSSR count). The van der Waals surface area contributed by atoms with Crippen LogP contribution in [0.15, 0.2) is 30.6 Å². The Balaban J connectivity index is 1.66. The highest BCUT2D eigenvalue weighted by Crippen LogP contribution is 2.39. The fourth-order valence-electron chi connectivity index (χ4n) is 3.49. The molecule has 0 fully saturated rings. The number of anilines is 1. The van der Waals surface area contributed by atoms with Gasteiger partial charge in [-0.2, -0.15) is 0 Å². The van der Waals surface area contributed by atoms with Gasteiger partial charge in [-0.3, -0.25) is 4.79 Å². The Bertz CT molecular complexity index is 932. The quantitative estimate of drug-likeness (QED) is 0.782. The van der Waals surface area contributed by atoms with Gasteiger partial charge in [-0.15, -0.1) is 11.3 Å². The summed E-state index contributed by atoms with van der Waals surface area (Å²) in [6.07, 6.45) is 6.45. The third-order valence-corrected chi connectivity index (χ3v) is 5.95. The van der Waals surface area contributed by atoms with Crippen LogP contribution in [0.1, 0.15) is 39.2 Å². The van der Waals surface area contributed by atoms with E-state index in [1.165, 1.54) is 28.7 Å². The monoisotopic (exact) mass is 352 g/mol. The minimum atomic E-state index is -0.401. The molecule has 0 bridgehead atoms. The van der Waals surface area contributed by atoms with Gasteiger partial charge in [0.15, 0.2) is 0 Å². The Kier molecular flexibility index (Phi) is 4.13. The number of fused-ring (bicyclic) bond motifs is 3. The number of carbonyl (C=O) groups is 1. The normalized spacial score (nSPS) is 13.6. The molecule has 0 radical (unpaired) electrons. The summed E-state index contributed by atoms with van der Waals surface area (Å²) in [6.45, 7) is 0.718. The molecule has 6 heteroatoms. The molecule has 0 saturated heterocycles. The number of nitrogens with two attached hydrogens (primary N) is 1. The Morgan fingerprint density at radius 3 is 2.72 bits per heavy atom. The predicted molar refractivity (Wildman–Crippen MR) is 101 cm³/mol. The van der Waals surface area contributed by atoms with Crippen molar-refractivity contribution in [3.63, 3.8) is 0 Å². The van der Waals surface area contributed by atoms with Crippen molar-refractivity contribution in [3.05, 3.63) is 52.2 Å². The molecule has 3 aromatic rings. The zero-order valence-corrected chi connectivity index (χ0v) is 15.0. The number of rotatable bonds is 4. The summed E-state index contributed by atoms with van der Waals surface area (Å²) < 4.78 is 0. The number of nitrogens with zero attached hydrogens (tertiary/aromatic N) is 3. The average Bonchev–Trinajstić information content (AvgIpc) is 3.00. The number of aryl methyl sites for hydroxylation is 2. The Hall–Kier alpha value is -2.47. The summed E-state index contributed by atoms with van der Waals surface area (Å²) in [5.74, 6) is 0.589. The van der Waals surface area contributed by atoms with Crippen molar-refractivity contribution in [1.29, 1.82) is 0 Å². The fraction of sp³-hybridized carbons (Fsp3) is 0.316. The maximum atomic E-state index is 11.2. The second-order valence-electron chi connectivity index (χ2n) is 6.51. The van der Waals surface area contributed by atoms with Gasteiger partial charge in [0.25, 0.3) is 0 Å². The molecule has 1 aromatic carbocycles. The summed E-state index contributed by atoms with van der Waals surface area (Å²) in [5, 5.41) is 1.22. The lowest BCUT2D eigenvalue weighted by Crippen LogP contribution is -2.19. The molecular formula is C19H20N4OS. The summed E-state index contributed by atoms with van der Waals surface area (Å²) in [4.78, 5) is 25.0. The lowest BCUT2D eigenvalue weighted by molar-refractivity contribution is 0.100. The number of hydrogen-bond acceptors (Lipinski definition) is 5. The number of thiophene rings is 1. The molecule has 1 aliphatic carbocycles. The molecule has 0 atom stereocenters. The van der Waals surface area contributed by atoms with E-state index in [9.17, 15) is 4.79 Å². The molecule has 1 amide bonds. The van der Waals surface area contributed by atoms with E-state index >= 15 is 0 Å². The summed E-state index contributed by atoms with van der Waals surface area (Å²) in [7, 11) is 2.05. The minimum Gasteiger partial charge on any atom is -0.366 e. The average molecular weight is 352 g/mol. The summed E-state index contributed by atoms with van der Waals surface area (Å²) >= 11 is 1.81. The Labute approximate surface area is 150 Å². The molecular weight excluding hydrogens is 332 g/mol. The number of carbonyl (C=O) groups excluding carboxylic acids is 1. The van der Waals surface area contributed by atoms with Crippen LogP contribution in [-0.4, -0.2) is 22.9 Å². The van der Waals surface area contributed by atoms with E-state index in [2.05, 4.69) is 21.9 Å². The zero-order valence-electron chi connectivity index (χ0n) is 14.2.